The molecule has 5 heteroatoms. The normalized spacial score (nSPS) is 12.4. The summed E-state index contributed by atoms with van der Waals surface area (Å²) in [6.45, 7) is 1.54. The molecule has 2 rings (SSSR count). The van der Waals surface area contributed by atoms with Crippen LogP contribution in [0, 0.1) is 5.82 Å². The Balaban J connectivity index is 2.36. The molecular weight excluding hydrogens is 239 g/mol. The van der Waals surface area contributed by atoms with Crippen molar-refractivity contribution in [1.29, 1.82) is 0 Å². The van der Waals surface area contributed by atoms with Crippen LogP contribution in [0.15, 0.2) is 46.7 Å². The lowest BCUT2D eigenvalue weighted by Gasteiger charge is -2.11. The third-order valence-corrected chi connectivity index (χ3v) is 3.23. The molecule has 0 fully saturated rings. The monoisotopic (exact) mass is 250 g/mol. The van der Waals surface area contributed by atoms with Crippen molar-refractivity contribution in [3.05, 3.63) is 48.2 Å². The van der Waals surface area contributed by atoms with Crippen LogP contribution in [0.5, 0.6) is 0 Å². The molecule has 1 atom stereocenters. The number of benzene rings is 1. The van der Waals surface area contributed by atoms with Gasteiger partial charge >= 0.3 is 0 Å². The average Bonchev–Trinajstić information content (AvgIpc) is 2.30. The molecule has 0 aliphatic heterocycles. The van der Waals surface area contributed by atoms with Crippen molar-refractivity contribution in [3.63, 3.8) is 0 Å². The van der Waals surface area contributed by atoms with Gasteiger partial charge in [-0.2, -0.15) is 0 Å². The van der Waals surface area contributed by atoms with Crippen LogP contribution in [-0.2, 0) is 0 Å². The number of aliphatic hydroxyl groups excluding tert-OH is 1. The minimum absolute atomic E-state index is 0.302. The summed E-state index contributed by atoms with van der Waals surface area (Å²) in [5.74, 6) is -0.404. The van der Waals surface area contributed by atoms with Gasteiger partial charge in [-0.25, -0.2) is 14.4 Å². The SMILES string of the molecule is C[C@H](O)c1c(F)cccc1Sc1ccncn1. The number of aromatic nitrogens is 2. The van der Waals surface area contributed by atoms with Crippen LogP contribution < -0.4 is 0 Å². The van der Waals surface area contributed by atoms with Crippen molar-refractivity contribution in [3.8, 4) is 0 Å². The molecule has 1 aromatic heterocycles. The molecule has 0 saturated heterocycles. The zero-order chi connectivity index (χ0) is 12.3. The van der Waals surface area contributed by atoms with E-state index in [4.69, 9.17) is 0 Å². The first-order valence-electron chi connectivity index (χ1n) is 5.09. The maximum absolute atomic E-state index is 13.6. The molecule has 0 saturated carbocycles. The van der Waals surface area contributed by atoms with E-state index in [-0.39, 0.29) is 0 Å². The summed E-state index contributed by atoms with van der Waals surface area (Å²) in [5, 5.41) is 10.3. The summed E-state index contributed by atoms with van der Waals surface area (Å²) in [6, 6.07) is 6.45. The Bertz CT molecular complexity index is 505. The number of rotatable bonds is 3. The fourth-order valence-corrected chi connectivity index (χ4v) is 2.44. The van der Waals surface area contributed by atoms with Crippen LogP contribution in [0.3, 0.4) is 0 Å². The number of halogens is 1. The molecule has 3 nitrogen and oxygen atoms in total. The van der Waals surface area contributed by atoms with Gasteiger partial charge in [0.2, 0.25) is 0 Å². The lowest BCUT2D eigenvalue weighted by molar-refractivity contribution is 0.191. The van der Waals surface area contributed by atoms with E-state index >= 15 is 0 Å². The summed E-state index contributed by atoms with van der Waals surface area (Å²) < 4.78 is 13.6. The van der Waals surface area contributed by atoms with E-state index in [0.717, 1.165) is 0 Å². The zero-order valence-electron chi connectivity index (χ0n) is 9.17. The Kier molecular flexibility index (Phi) is 3.71. The smallest absolute Gasteiger partial charge is 0.130 e. The Labute approximate surface area is 103 Å². The molecule has 0 aliphatic carbocycles. The summed E-state index contributed by atoms with van der Waals surface area (Å²) in [5.41, 5.74) is 0.302. The van der Waals surface area contributed by atoms with Gasteiger partial charge < -0.3 is 5.11 Å². The average molecular weight is 250 g/mol. The highest BCUT2D eigenvalue weighted by molar-refractivity contribution is 7.99. The molecule has 1 aromatic carbocycles. The van der Waals surface area contributed by atoms with Crippen LogP contribution in [0.4, 0.5) is 4.39 Å². The van der Waals surface area contributed by atoms with E-state index < -0.39 is 11.9 Å². The predicted molar refractivity (Wildman–Crippen MR) is 63.2 cm³/mol. The van der Waals surface area contributed by atoms with E-state index in [2.05, 4.69) is 9.97 Å². The van der Waals surface area contributed by atoms with Gasteiger partial charge in [0.05, 0.1) is 6.10 Å². The minimum Gasteiger partial charge on any atom is -0.389 e. The van der Waals surface area contributed by atoms with E-state index in [1.165, 1.54) is 24.2 Å². The number of nitrogens with zero attached hydrogens (tertiary/aromatic N) is 2. The van der Waals surface area contributed by atoms with Crippen molar-refractivity contribution >= 4 is 11.8 Å². The molecule has 0 spiro atoms. The first-order chi connectivity index (χ1) is 8.18. The van der Waals surface area contributed by atoms with Crippen molar-refractivity contribution in [2.24, 2.45) is 0 Å². The maximum Gasteiger partial charge on any atom is 0.130 e. The largest absolute Gasteiger partial charge is 0.389 e. The lowest BCUT2D eigenvalue weighted by Crippen LogP contribution is -1.98. The molecule has 1 heterocycles. The topological polar surface area (TPSA) is 46.0 Å². The van der Waals surface area contributed by atoms with Crippen LogP contribution in [-0.4, -0.2) is 15.1 Å². The molecule has 17 heavy (non-hydrogen) atoms. The Morgan fingerprint density at radius 2 is 2.18 bits per heavy atom. The standard InChI is InChI=1S/C12H11FN2OS/c1-8(16)12-9(13)3-2-4-10(12)17-11-5-6-14-7-15-11/h2-8,16H,1H3/t8-/m0/s1. The van der Waals surface area contributed by atoms with Gasteiger partial charge in [0, 0.05) is 16.7 Å². The van der Waals surface area contributed by atoms with E-state index in [1.54, 1.807) is 31.3 Å². The molecular formula is C12H11FN2OS. The molecule has 1 N–H and O–H groups in total. The first-order valence-corrected chi connectivity index (χ1v) is 5.90. The molecule has 0 aliphatic rings. The van der Waals surface area contributed by atoms with Crippen molar-refractivity contribution in [2.45, 2.75) is 22.9 Å². The Morgan fingerprint density at radius 1 is 1.35 bits per heavy atom. The molecule has 88 valence electrons. The Morgan fingerprint density at radius 3 is 2.82 bits per heavy atom. The van der Waals surface area contributed by atoms with Gasteiger partial charge in [-0.15, -0.1) is 0 Å². The fraction of sp³-hybridized carbons (Fsp3) is 0.167. The Hall–Kier alpha value is -1.46. The lowest BCUT2D eigenvalue weighted by atomic mass is 10.1. The zero-order valence-corrected chi connectivity index (χ0v) is 9.99. The van der Waals surface area contributed by atoms with E-state index in [0.29, 0.717) is 15.5 Å². The van der Waals surface area contributed by atoms with E-state index in [9.17, 15) is 9.50 Å². The summed E-state index contributed by atoms with van der Waals surface area (Å²) in [7, 11) is 0. The maximum atomic E-state index is 13.6. The minimum atomic E-state index is -0.847. The van der Waals surface area contributed by atoms with Gasteiger partial charge in [-0.1, -0.05) is 17.8 Å². The van der Waals surface area contributed by atoms with Gasteiger partial charge in [-0.05, 0) is 25.1 Å². The third kappa shape index (κ3) is 2.81. The molecule has 0 unspecified atom stereocenters. The molecule has 0 bridgehead atoms. The summed E-state index contributed by atoms with van der Waals surface area (Å²) in [4.78, 5) is 8.53. The second-order valence-corrected chi connectivity index (χ2v) is 4.54. The van der Waals surface area contributed by atoms with Crippen molar-refractivity contribution < 1.29 is 9.50 Å². The molecule has 2 aromatic rings. The van der Waals surface area contributed by atoms with Crippen LogP contribution >= 0.6 is 11.8 Å². The van der Waals surface area contributed by atoms with Crippen molar-refractivity contribution in [2.75, 3.05) is 0 Å². The van der Waals surface area contributed by atoms with Crippen molar-refractivity contribution in [1.82, 2.24) is 9.97 Å². The number of hydrogen-bond donors (Lipinski definition) is 1. The van der Waals surface area contributed by atoms with Crippen LogP contribution in [0.2, 0.25) is 0 Å². The van der Waals surface area contributed by atoms with Gasteiger partial charge in [-0.3, -0.25) is 0 Å². The highest BCUT2D eigenvalue weighted by atomic mass is 32.2. The predicted octanol–water partition coefficient (Wildman–Crippen LogP) is 2.82. The third-order valence-electron chi connectivity index (χ3n) is 2.20. The summed E-state index contributed by atoms with van der Waals surface area (Å²) in [6.07, 6.45) is 2.21. The second kappa shape index (κ2) is 5.25. The second-order valence-electron chi connectivity index (χ2n) is 3.48. The molecule has 0 radical (unpaired) electrons. The van der Waals surface area contributed by atoms with Gasteiger partial charge in [0.1, 0.15) is 17.2 Å². The van der Waals surface area contributed by atoms with Gasteiger partial charge in [0.15, 0.2) is 0 Å². The molecule has 0 amide bonds. The van der Waals surface area contributed by atoms with Crippen LogP contribution in [0.1, 0.15) is 18.6 Å². The van der Waals surface area contributed by atoms with Crippen LogP contribution in [0.25, 0.3) is 0 Å². The fourth-order valence-electron chi connectivity index (χ4n) is 1.46. The highest BCUT2D eigenvalue weighted by Gasteiger charge is 2.14. The summed E-state index contributed by atoms with van der Waals surface area (Å²) >= 11 is 1.31. The van der Waals surface area contributed by atoms with Gasteiger partial charge in [0.25, 0.3) is 0 Å². The quantitative estimate of drug-likeness (QED) is 0.851. The first kappa shape index (κ1) is 12.0. The number of hydrogen-bond acceptors (Lipinski definition) is 4. The number of aliphatic hydroxyl groups is 1. The highest BCUT2D eigenvalue weighted by Crippen LogP contribution is 2.33. The van der Waals surface area contributed by atoms with E-state index in [1.807, 2.05) is 0 Å².